The van der Waals surface area contributed by atoms with Gasteiger partial charge in [-0.05, 0) is 30.2 Å². The quantitative estimate of drug-likeness (QED) is 0.877. The number of carbonyl (C=O) groups excluding carboxylic acids is 2. The van der Waals surface area contributed by atoms with E-state index >= 15 is 0 Å². The molecule has 1 aromatic rings. The molecule has 0 spiro atoms. The van der Waals surface area contributed by atoms with Crippen LogP contribution >= 0.6 is 11.6 Å². The molecule has 0 aliphatic carbocycles. The molecule has 0 fully saturated rings. The number of anilines is 1. The summed E-state index contributed by atoms with van der Waals surface area (Å²) in [7, 11) is 0. The minimum Gasteiger partial charge on any atom is -0.354 e. The zero-order chi connectivity index (χ0) is 15.1. The van der Waals surface area contributed by atoms with E-state index < -0.39 is 0 Å². The van der Waals surface area contributed by atoms with Crippen molar-refractivity contribution in [1.82, 2.24) is 5.32 Å². The summed E-state index contributed by atoms with van der Waals surface area (Å²) in [5.41, 5.74) is 0.778. The maximum Gasteiger partial charge on any atom is 0.223 e. The molecule has 4 nitrogen and oxygen atoms in total. The van der Waals surface area contributed by atoms with Crippen LogP contribution in [0.3, 0.4) is 0 Å². The van der Waals surface area contributed by atoms with Crippen LogP contribution in [0.25, 0.3) is 0 Å². The SMILES string of the molecule is CC(=O)N(CCNC(=O)CC(C)C)c1ccc(Cl)cc1. The minimum atomic E-state index is -0.0644. The van der Waals surface area contributed by atoms with Crippen molar-refractivity contribution in [2.24, 2.45) is 5.92 Å². The summed E-state index contributed by atoms with van der Waals surface area (Å²) in [4.78, 5) is 24.8. The number of hydrogen-bond acceptors (Lipinski definition) is 2. The molecule has 0 aliphatic heterocycles. The van der Waals surface area contributed by atoms with Gasteiger partial charge in [-0.3, -0.25) is 9.59 Å². The summed E-state index contributed by atoms with van der Waals surface area (Å²) in [5.74, 6) is 0.278. The molecule has 1 aromatic carbocycles. The average molecular weight is 297 g/mol. The van der Waals surface area contributed by atoms with Crippen LogP contribution in [0.4, 0.5) is 5.69 Å². The van der Waals surface area contributed by atoms with Crippen LogP contribution in [-0.2, 0) is 9.59 Å². The van der Waals surface area contributed by atoms with E-state index in [0.717, 1.165) is 5.69 Å². The van der Waals surface area contributed by atoms with Crippen molar-refractivity contribution in [2.45, 2.75) is 27.2 Å². The third-order valence-corrected chi connectivity index (χ3v) is 3.02. The molecular weight excluding hydrogens is 276 g/mol. The van der Waals surface area contributed by atoms with Crippen molar-refractivity contribution in [2.75, 3.05) is 18.0 Å². The van der Waals surface area contributed by atoms with E-state index in [9.17, 15) is 9.59 Å². The van der Waals surface area contributed by atoms with Crippen molar-refractivity contribution < 1.29 is 9.59 Å². The lowest BCUT2D eigenvalue weighted by atomic mass is 10.1. The van der Waals surface area contributed by atoms with Crippen LogP contribution in [0.2, 0.25) is 5.02 Å². The van der Waals surface area contributed by atoms with Gasteiger partial charge in [0.2, 0.25) is 11.8 Å². The zero-order valence-electron chi connectivity index (χ0n) is 12.1. The number of halogens is 1. The van der Waals surface area contributed by atoms with Gasteiger partial charge in [-0.25, -0.2) is 0 Å². The van der Waals surface area contributed by atoms with Crippen LogP contribution in [0, 0.1) is 5.92 Å². The molecule has 0 bridgehead atoms. The summed E-state index contributed by atoms with van der Waals surface area (Å²) in [5, 5.41) is 3.45. The highest BCUT2D eigenvalue weighted by molar-refractivity contribution is 6.30. The van der Waals surface area contributed by atoms with Crippen molar-refractivity contribution >= 4 is 29.1 Å². The number of benzene rings is 1. The maximum atomic E-state index is 11.7. The van der Waals surface area contributed by atoms with Gasteiger partial charge in [-0.1, -0.05) is 25.4 Å². The molecule has 0 saturated heterocycles. The minimum absolute atomic E-state index is 0.0135. The van der Waals surface area contributed by atoms with Crippen molar-refractivity contribution in [1.29, 1.82) is 0 Å². The lowest BCUT2D eigenvalue weighted by molar-refractivity contribution is -0.122. The van der Waals surface area contributed by atoms with Gasteiger partial charge in [-0.2, -0.15) is 0 Å². The molecule has 0 unspecified atom stereocenters. The van der Waals surface area contributed by atoms with Gasteiger partial charge in [0.15, 0.2) is 0 Å². The van der Waals surface area contributed by atoms with E-state index in [1.54, 1.807) is 29.2 Å². The molecule has 0 aliphatic rings. The third-order valence-electron chi connectivity index (χ3n) is 2.77. The Hall–Kier alpha value is -1.55. The normalized spacial score (nSPS) is 10.4. The van der Waals surface area contributed by atoms with Gasteiger partial charge in [0.1, 0.15) is 0 Å². The lowest BCUT2D eigenvalue weighted by Gasteiger charge is -2.21. The second kappa shape index (κ2) is 7.90. The Balaban J connectivity index is 2.54. The largest absolute Gasteiger partial charge is 0.354 e. The van der Waals surface area contributed by atoms with Gasteiger partial charge in [-0.15, -0.1) is 0 Å². The molecule has 5 heteroatoms. The Bertz CT molecular complexity index is 457. The number of nitrogens with one attached hydrogen (secondary N) is 1. The summed E-state index contributed by atoms with van der Waals surface area (Å²) >= 11 is 5.83. The molecule has 0 radical (unpaired) electrons. The van der Waals surface area contributed by atoms with Gasteiger partial charge in [0.05, 0.1) is 0 Å². The standard InChI is InChI=1S/C15H21ClN2O2/c1-11(2)10-15(20)17-8-9-18(12(3)19)14-6-4-13(16)5-7-14/h4-7,11H,8-10H2,1-3H3,(H,17,20). The summed E-state index contributed by atoms with van der Waals surface area (Å²) in [6.45, 7) is 6.38. The Morgan fingerprint density at radius 3 is 2.35 bits per heavy atom. The first-order valence-electron chi connectivity index (χ1n) is 6.70. The van der Waals surface area contributed by atoms with Crippen LogP contribution < -0.4 is 10.2 Å². The first-order valence-corrected chi connectivity index (χ1v) is 7.08. The zero-order valence-corrected chi connectivity index (χ0v) is 12.9. The fourth-order valence-electron chi connectivity index (χ4n) is 1.84. The van der Waals surface area contributed by atoms with Gasteiger partial charge < -0.3 is 10.2 Å². The second-order valence-electron chi connectivity index (χ2n) is 5.09. The summed E-state index contributed by atoms with van der Waals surface area (Å²) in [6, 6.07) is 7.06. The molecule has 2 amide bonds. The predicted octanol–water partition coefficient (Wildman–Crippen LogP) is 2.86. The average Bonchev–Trinajstić information content (AvgIpc) is 2.35. The molecule has 1 rings (SSSR count). The van der Waals surface area contributed by atoms with E-state index in [4.69, 9.17) is 11.6 Å². The van der Waals surface area contributed by atoms with Crippen molar-refractivity contribution in [3.8, 4) is 0 Å². The van der Waals surface area contributed by atoms with Crippen molar-refractivity contribution in [3.63, 3.8) is 0 Å². The smallest absolute Gasteiger partial charge is 0.223 e. The fraction of sp³-hybridized carbons (Fsp3) is 0.467. The Kier molecular flexibility index (Phi) is 6.52. The van der Waals surface area contributed by atoms with Gasteiger partial charge in [0.25, 0.3) is 0 Å². The highest BCUT2D eigenvalue weighted by Gasteiger charge is 2.12. The first-order chi connectivity index (χ1) is 9.40. The molecule has 0 atom stereocenters. The Morgan fingerprint density at radius 1 is 1.25 bits per heavy atom. The van der Waals surface area contributed by atoms with E-state index in [1.165, 1.54) is 6.92 Å². The summed E-state index contributed by atoms with van der Waals surface area (Å²) < 4.78 is 0. The highest BCUT2D eigenvalue weighted by Crippen LogP contribution is 2.17. The Morgan fingerprint density at radius 2 is 1.85 bits per heavy atom. The van der Waals surface area contributed by atoms with E-state index in [-0.39, 0.29) is 11.8 Å². The van der Waals surface area contributed by atoms with E-state index in [1.807, 2.05) is 13.8 Å². The van der Waals surface area contributed by atoms with Gasteiger partial charge in [0, 0.05) is 37.1 Å². The van der Waals surface area contributed by atoms with Crippen molar-refractivity contribution in [3.05, 3.63) is 29.3 Å². The molecule has 1 N–H and O–H groups in total. The van der Waals surface area contributed by atoms with E-state index in [2.05, 4.69) is 5.32 Å². The van der Waals surface area contributed by atoms with Crippen LogP contribution in [-0.4, -0.2) is 24.9 Å². The second-order valence-corrected chi connectivity index (χ2v) is 5.53. The molecule has 0 saturated carbocycles. The molecule has 0 aromatic heterocycles. The van der Waals surface area contributed by atoms with E-state index in [0.29, 0.717) is 30.5 Å². The van der Waals surface area contributed by atoms with Gasteiger partial charge >= 0.3 is 0 Å². The maximum absolute atomic E-state index is 11.7. The monoisotopic (exact) mass is 296 g/mol. The number of rotatable bonds is 6. The lowest BCUT2D eigenvalue weighted by Crippen LogP contribution is -2.37. The Labute approximate surface area is 125 Å². The highest BCUT2D eigenvalue weighted by atomic mass is 35.5. The number of hydrogen-bond donors (Lipinski definition) is 1. The third kappa shape index (κ3) is 5.61. The number of carbonyl (C=O) groups is 2. The van der Waals surface area contributed by atoms with Crippen LogP contribution in [0.1, 0.15) is 27.2 Å². The molecular formula is C15H21ClN2O2. The van der Waals surface area contributed by atoms with Crippen LogP contribution in [0.15, 0.2) is 24.3 Å². The fourth-order valence-corrected chi connectivity index (χ4v) is 1.97. The summed E-state index contributed by atoms with van der Waals surface area (Å²) in [6.07, 6.45) is 0.501. The number of amides is 2. The number of nitrogens with zero attached hydrogens (tertiary/aromatic N) is 1. The predicted molar refractivity (Wildman–Crippen MR) is 81.9 cm³/mol. The molecule has 20 heavy (non-hydrogen) atoms. The first kappa shape index (κ1) is 16.5. The topological polar surface area (TPSA) is 49.4 Å². The van der Waals surface area contributed by atoms with Crippen LogP contribution in [0.5, 0.6) is 0 Å². The molecule has 110 valence electrons. The molecule has 0 heterocycles.